The van der Waals surface area contributed by atoms with Crippen LogP contribution < -0.4 is 0 Å². The third-order valence-electron chi connectivity index (χ3n) is 4.44. The Morgan fingerprint density at radius 1 is 0.964 bits per heavy atom. The molecule has 0 saturated heterocycles. The van der Waals surface area contributed by atoms with Crippen molar-refractivity contribution in [2.75, 3.05) is 0 Å². The summed E-state index contributed by atoms with van der Waals surface area (Å²) >= 11 is 0. The van der Waals surface area contributed by atoms with Gasteiger partial charge in [-0.15, -0.1) is 0 Å². The van der Waals surface area contributed by atoms with Crippen LogP contribution in [-0.4, -0.2) is 22.5 Å². The lowest BCUT2D eigenvalue weighted by atomic mass is 10.1. The largest absolute Gasteiger partial charge is 0.283 e. The van der Waals surface area contributed by atoms with E-state index < -0.39 is 14.9 Å². The molecule has 0 aliphatic carbocycles. The third kappa shape index (κ3) is 2.93. The first-order chi connectivity index (χ1) is 13.4. The second-order valence-corrected chi connectivity index (χ2v) is 8.10. The summed E-state index contributed by atoms with van der Waals surface area (Å²) < 4.78 is 27.3. The number of nitrogens with zero attached hydrogens (tertiary/aromatic N) is 3. The number of nitro groups is 1. The molecule has 140 valence electrons. The Morgan fingerprint density at radius 2 is 1.64 bits per heavy atom. The Kier molecular flexibility index (Phi) is 4.20. The average Bonchev–Trinajstić information content (AvgIpc) is 3.08. The fraction of sp³-hybridized carbons (Fsp3) is 0.0500. The van der Waals surface area contributed by atoms with Gasteiger partial charge in [-0.25, -0.2) is 0 Å². The lowest BCUT2D eigenvalue weighted by Crippen LogP contribution is -2.14. The number of fused-ring (bicyclic) bond motifs is 1. The van der Waals surface area contributed by atoms with Gasteiger partial charge in [-0.3, -0.25) is 10.1 Å². The Bertz CT molecular complexity index is 1290. The molecular weight excluding hydrogens is 378 g/mol. The Morgan fingerprint density at radius 3 is 2.29 bits per heavy atom. The molecule has 8 heteroatoms. The Hall–Kier alpha value is -3.52. The van der Waals surface area contributed by atoms with Gasteiger partial charge in [0.15, 0.2) is 0 Å². The second kappa shape index (κ2) is 6.58. The molecule has 0 amide bonds. The number of non-ortho nitro benzene ring substituents is 1. The molecule has 0 fully saturated rings. The summed E-state index contributed by atoms with van der Waals surface area (Å²) in [6.45, 7) is 1.87. The van der Waals surface area contributed by atoms with Crippen LogP contribution in [0.4, 0.5) is 5.69 Å². The van der Waals surface area contributed by atoms with Gasteiger partial charge < -0.3 is 0 Å². The Labute approximate surface area is 161 Å². The third-order valence-corrected chi connectivity index (χ3v) is 6.04. The zero-order chi connectivity index (χ0) is 19.9. The standard InChI is InChI=1S/C20H15N3O4S/c1-14-7-10-17(11-8-14)28(26,27)22-19-12-9-16(23(24)25)13-18(19)20(21-22)15-5-3-2-4-6-15/h2-13H,1H3. The summed E-state index contributed by atoms with van der Waals surface area (Å²) in [6.07, 6.45) is 0. The molecule has 0 aliphatic rings. The van der Waals surface area contributed by atoms with Crippen molar-refractivity contribution < 1.29 is 13.3 Å². The van der Waals surface area contributed by atoms with Crippen LogP contribution in [0.25, 0.3) is 22.2 Å². The molecule has 4 rings (SSSR count). The zero-order valence-corrected chi connectivity index (χ0v) is 15.6. The fourth-order valence-corrected chi connectivity index (χ4v) is 4.28. The van der Waals surface area contributed by atoms with Crippen LogP contribution in [0.5, 0.6) is 0 Å². The van der Waals surface area contributed by atoms with E-state index in [9.17, 15) is 18.5 Å². The van der Waals surface area contributed by atoms with Gasteiger partial charge in [-0.05, 0) is 25.1 Å². The summed E-state index contributed by atoms with van der Waals surface area (Å²) in [6, 6.07) is 19.5. The van der Waals surface area contributed by atoms with E-state index in [0.29, 0.717) is 16.6 Å². The van der Waals surface area contributed by atoms with Crippen LogP contribution in [0.2, 0.25) is 0 Å². The number of nitro benzene ring substituents is 1. The number of aromatic nitrogens is 2. The summed E-state index contributed by atoms with van der Waals surface area (Å²) in [5.74, 6) is 0. The minimum atomic E-state index is -3.97. The van der Waals surface area contributed by atoms with Crippen LogP contribution in [0.1, 0.15) is 5.56 Å². The molecule has 4 aromatic rings. The molecule has 28 heavy (non-hydrogen) atoms. The molecule has 0 spiro atoms. The average molecular weight is 393 g/mol. The molecule has 3 aromatic carbocycles. The predicted molar refractivity (Wildman–Crippen MR) is 106 cm³/mol. The summed E-state index contributed by atoms with van der Waals surface area (Å²) in [5, 5.41) is 15.9. The van der Waals surface area contributed by atoms with E-state index in [1.165, 1.54) is 30.3 Å². The molecule has 0 N–H and O–H groups in total. The maximum atomic E-state index is 13.2. The highest BCUT2D eigenvalue weighted by Gasteiger charge is 2.25. The smallest absolute Gasteiger partial charge is 0.258 e. The summed E-state index contributed by atoms with van der Waals surface area (Å²) in [5.41, 5.74) is 2.13. The fourth-order valence-electron chi connectivity index (χ4n) is 3.00. The van der Waals surface area contributed by atoms with Gasteiger partial charge in [0.1, 0.15) is 5.69 Å². The Balaban J connectivity index is 2.02. The van der Waals surface area contributed by atoms with Crippen LogP contribution in [0, 0.1) is 17.0 Å². The van der Waals surface area contributed by atoms with Gasteiger partial charge in [0.05, 0.1) is 15.3 Å². The minimum absolute atomic E-state index is 0.0977. The topological polar surface area (TPSA) is 95.1 Å². The van der Waals surface area contributed by atoms with Crippen molar-refractivity contribution in [3.8, 4) is 11.3 Å². The first-order valence-electron chi connectivity index (χ1n) is 8.43. The van der Waals surface area contributed by atoms with Gasteiger partial charge >= 0.3 is 0 Å². The van der Waals surface area contributed by atoms with Crippen LogP contribution in [0.15, 0.2) is 77.7 Å². The van der Waals surface area contributed by atoms with Crippen molar-refractivity contribution in [1.29, 1.82) is 0 Å². The van der Waals surface area contributed by atoms with Gasteiger partial charge in [-0.2, -0.15) is 17.6 Å². The summed E-state index contributed by atoms with van der Waals surface area (Å²) in [4.78, 5) is 10.8. The highest BCUT2D eigenvalue weighted by atomic mass is 32.2. The van der Waals surface area contributed by atoms with Gasteiger partial charge in [0, 0.05) is 23.1 Å². The van der Waals surface area contributed by atoms with E-state index in [2.05, 4.69) is 5.10 Å². The number of hydrogen-bond donors (Lipinski definition) is 0. The zero-order valence-electron chi connectivity index (χ0n) is 14.8. The number of hydrogen-bond acceptors (Lipinski definition) is 5. The number of rotatable bonds is 4. The number of aryl methyl sites for hydroxylation is 1. The second-order valence-electron chi connectivity index (χ2n) is 6.33. The monoisotopic (exact) mass is 393 g/mol. The van der Waals surface area contributed by atoms with Crippen molar-refractivity contribution in [3.63, 3.8) is 0 Å². The van der Waals surface area contributed by atoms with Gasteiger partial charge in [0.25, 0.3) is 15.7 Å². The number of benzene rings is 3. The van der Waals surface area contributed by atoms with Crippen molar-refractivity contribution in [2.45, 2.75) is 11.8 Å². The molecule has 1 heterocycles. The normalized spacial score (nSPS) is 11.6. The predicted octanol–water partition coefficient (Wildman–Crippen LogP) is 4.16. The van der Waals surface area contributed by atoms with Gasteiger partial charge in [-0.1, -0.05) is 48.0 Å². The van der Waals surface area contributed by atoms with Crippen LogP contribution in [0.3, 0.4) is 0 Å². The maximum absolute atomic E-state index is 13.2. The molecule has 0 aliphatic heterocycles. The molecule has 0 atom stereocenters. The highest BCUT2D eigenvalue weighted by Crippen LogP contribution is 2.32. The lowest BCUT2D eigenvalue weighted by molar-refractivity contribution is -0.384. The molecule has 0 saturated carbocycles. The lowest BCUT2D eigenvalue weighted by Gasteiger charge is -2.06. The first kappa shape index (κ1) is 17.9. The van der Waals surface area contributed by atoms with E-state index in [-0.39, 0.29) is 16.1 Å². The first-order valence-corrected chi connectivity index (χ1v) is 9.87. The van der Waals surface area contributed by atoms with E-state index in [4.69, 9.17) is 0 Å². The highest BCUT2D eigenvalue weighted by molar-refractivity contribution is 7.90. The molecular formula is C20H15N3O4S. The van der Waals surface area contributed by atoms with E-state index >= 15 is 0 Å². The quantitative estimate of drug-likeness (QED) is 0.383. The van der Waals surface area contributed by atoms with E-state index in [0.717, 1.165) is 9.65 Å². The van der Waals surface area contributed by atoms with Crippen LogP contribution >= 0.6 is 0 Å². The van der Waals surface area contributed by atoms with Crippen molar-refractivity contribution in [1.82, 2.24) is 9.19 Å². The van der Waals surface area contributed by atoms with E-state index in [1.54, 1.807) is 36.4 Å². The minimum Gasteiger partial charge on any atom is -0.258 e. The maximum Gasteiger partial charge on any atom is 0.283 e. The van der Waals surface area contributed by atoms with E-state index in [1.807, 2.05) is 13.0 Å². The molecule has 0 radical (unpaired) electrons. The SMILES string of the molecule is Cc1ccc(S(=O)(=O)n2nc(-c3ccccc3)c3cc([N+](=O)[O-])ccc32)cc1. The summed E-state index contributed by atoms with van der Waals surface area (Å²) in [7, 11) is -3.97. The van der Waals surface area contributed by atoms with Crippen molar-refractivity contribution in [3.05, 3.63) is 88.5 Å². The molecule has 0 bridgehead atoms. The molecule has 7 nitrogen and oxygen atoms in total. The molecule has 0 unspecified atom stereocenters. The van der Waals surface area contributed by atoms with Crippen LogP contribution in [-0.2, 0) is 10.0 Å². The van der Waals surface area contributed by atoms with Gasteiger partial charge in [0.2, 0.25) is 0 Å². The van der Waals surface area contributed by atoms with Crippen molar-refractivity contribution in [2.24, 2.45) is 0 Å². The van der Waals surface area contributed by atoms with Crippen molar-refractivity contribution >= 4 is 26.6 Å². The molecule has 1 aromatic heterocycles.